The summed E-state index contributed by atoms with van der Waals surface area (Å²) in [6.45, 7) is 5.38. The molecule has 220 valence electrons. The molecule has 1 fully saturated rings. The number of allylic oxidation sites excluding steroid dienone is 12. The van der Waals surface area contributed by atoms with Crippen molar-refractivity contribution in [2.24, 2.45) is 0 Å². The Kier molecular flexibility index (Phi) is 17.0. The van der Waals surface area contributed by atoms with Crippen molar-refractivity contribution >= 4 is 17.8 Å². The first-order chi connectivity index (χ1) is 20.0. The topological polar surface area (TPSA) is 66.9 Å². The van der Waals surface area contributed by atoms with Crippen molar-refractivity contribution in [1.82, 2.24) is 9.80 Å². The van der Waals surface area contributed by atoms with Crippen LogP contribution in [0.25, 0.3) is 0 Å². The standard InChI is InChI=1S/C35H46N2O4/c1-3-4-5-6-7-8-9-10-11-12-13-14-15-16-17-18-19-20-21-26-34(39)36-27-29-37(30-28-36)35(40)32-24-22-23-25-33(32)41-31(2)38/h4-5,7-8,10-11,13-14,16-17,19-20,22-25H,3,6,9,12,15,18,21,26-30H2,1-2H3. The molecule has 1 aromatic rings. The molecule has 0 aliphatic carbocycles. The van der Waals surface area contributed by atoms with Crippen LogP contribution in [0.3, 0.4) is 0 Å². The van der Waals surface area contributed by atoms with E-state index in [1.807, 2.05) is 4.90 Å². The zero-order chi connectivity index (χ0) is 29.5. The molecule has 0 bridgehead atoms. The summed E-state index contributed by atoms with van der Waals surface area (Å²) in [7, 11) is 0. The highest BCUT2D eigenvalue weighted by atomic mass is 16.5. The van der Waals surface area contributed by atoms with Crippen LogP contribution in [0.15, 0.2) is 97.2 Å². The maximum atomic E-state index is 12.9. The highest BCUT2D eigenvalue weighted by Crippen LogP contribution is 2.21. The molecule has 0 unspecified atom stereocenters. The van der Waals surface area contributed by atoms with Gasteiger partial charge in [0.25, 0.3) is 5.91 Å². The van der Waals surface area contributed by atoms with Crippen LogP contribution in [-0.4, -0.2) is 53.8 Å². The second-order valence-electron chi connectivity index (χ2n) is 9.72. The Hall–Kier alpha value is -3.93. The number of para-hydroxylation sites is 1. The lowest BCUT2D eigenvalue weighted by Gasteiger charge is -2.35. The zero-order valence-electron chi connectivity index (χ0n) is 24.8. The first-order valence-corrected chi connectivity index (χ1v) is 14.8. The van der Waals surface area contributed by atoms with E-state index < -0.39 is 5.97 Å². The molecule has 6 nitrogen and oxygen atoms in total. The van der Waals surface area contributed by atoms with Crippen molar-refractivity contribution in [3.8, 4) is 5.75 Å². The van der Waals surface area contributed by atoms with Crippen molar-refractivity contribution in [2.45, 2.75) is 65.2 Å². The van der Waals surface area contributed by atoms with Crippen molar-refractivity contribution in [3.05, 3.63) is 103 Å². The molecule has 2 amide bonds. The minimum atomic E-state index is -0.465. The molecule has 1 aliphatic rings. The third-order valence-electron chi connectivity index (χ3n) is 6.41. The monoisotopic (exact) mass is 558 g/mol. The molecule has 0 atom stereocenters. The lowest BCUT2D eigenvalue weighted by Crippen LogP contribution is -2.50. The number of rotatable bonds is 16. The molecule has 1 aliphatic heterocycles. The number of carbonyl (C=O) groups excluding carboxylic acids is 3. The van der Waals surface area contributed by atoms with E-state index in [9.17, 15) is 14.4 Å². The highest BCUT2D eigenvalue weighted by Gasteiger charge is 2.26. The molecular weight excluding hydrogens is 512 g/mol. The summed E-state index contributed by atoms with van der Waals surface area (Å²) in [5.74, 6) is -0.281. The molecule has 1 saturated heterocycles. The summed E-state index contributed by atoms with van der Waals surface area (Å²) < 4.78 is 5.18. The van der Waals surface area contributed by atoms with Gasteiger partial charge in [0.15, 0.2) is 0 Å². The lowest BCUT2D eigenvalue weighted by atomic mass is 10.1. The summed E-state index contributed by atoms with van der Waals surface area (Å²) in [6, 6.07) is 6.74. The van der Waals surface area contributed by atoms with Crippen LogP contribution >= 0.6 is 0 Å². The summed E-state index contributed by atoms with van der Waals surface area (Å²) in [6.07, 6.45) is 33.0. The molecule has 0 aromatic heterocycles. The van der Waals surface area contributed by atoms with Crippen molar-refractivity contribution in [2.75, 3.05) is 26.2 Å². The third-order valence-corrected chi connectivity index (χ3v) is 6.41. The summed E-state index contributed by atoms with van der Waals surface area (Å²) in [5.41, 5.74) is 0.361. The molecule has 0 spiro atoms. The van der Waals surface area contributed by atoms with E-state index in [0.717, 1.165) is 38.5 Å². The first kappa shape index (κ1) is 33.3. The molecule has 1 heterocycles. The lowest BCUT2D eigenvalue weighted by molar-refractivity contribution is -0.133. The maximum Gasteiger partial charge on any atom is 0.308 e. The van der Waals surface area contributed by atoms with Gasteiger partial charge in [-0.3, -0.25) is 14.4 Å². The molecule has 0 N–H and O–H groups in total. The molecule has 6 heteroatoms. The molecule has 0 radical (unpaired) electrons. The third kappa shape index (κ3) is 14.3. The van der Waals surface area contributed by atoms with Crippen LogP contribution in [0.5, 0.6) is 5.75 Å². The normalized spacial score (nSPS) is 14.6. The van der Waals surface area contributed by atoms with Gasteiger partial charge in [-0.05, 0) is 57.1 Å². The number of nitrogens with zero attached hydrogens (tertiary/aromatic N) is 2. The molecule has 41 heavy (non-hydrogen) atoms. The summed E-state index contributed by atoms with van der Waals surface area (Å²) >= 11 is 0. The van der Waals surface area contributed by atoms with E-state index in [1.54, 1.807) is 29.2 Å². The molecule has 1 aromatic carbocycles. The average Bonchev–Trinajstić information content (AvgIpc) is 2.98. The van der Waals surface area contributed by atoms with Gasteiger partial charge in [0.05, 0.1) is 5.56 Å². The van der Waals surface area contributed by atoms with Crippen LogP contribution in [0, 0.1) is 0 Å². The second-order valence-corrected chi connectivity index (χ2v) is 9.72. The first-order valence-electron chi connectivity index (χ1n) is 14.8. The van der Waals surface area contributed by atoms with Gasteiger partial charge in [-0.2, -0.15) is 0 Å². The highest BCUT2D eigenvalue weighted by molar-refractivity contribution is 5.97. The van der Waals surface area contributed by atoms with Gasteiger partial charge < -0.3 is 14.5 Å². The van der Waals surface area contributed by atoms with Gasteiger partial charge in [0.2, 0.25) is 5.91 Å². The van der Waals surface area contributed by atoms with E-state index in [1.165, 1.54) is 6.92 Å². The van der Waals surface area contributed by atoms with E-state index in [2.05, 4.69) is 79.8 Å². The number of hydrogen-bond donors (Lipinski definition) is 0. The van der Waals surface area contributed by atoms with Crippen molar-refractivity contribution in [1.29, 1.82) is 0 Å². The quantitative estimate of drug-likeness (QED) is 0.121. The average molecular weight is 559 g/mol. The molecular formula is C35H46N2O4. The maximum absolute atomic E-state index is 12.9. The number of benzene rings is 1. The van der Waals surface area contributed by atoms with Gasteiger partial charge in [0, 0.05) is 39.5 Å². The fourth-order valence-corrected chi connectivity index (χ4v) is 4.22. The summed E-state index contributed by atoms with van der Waals surface area (Å²) in [5, 5.41) is 0. The fraction of sp³-hybridized carbons (Fsp3) is 0.400. The van der Waals surface area contributed by atoms with Gasteiger partial charge in [-0.1, -0.05) is 92.0 Å². The Labute approximate surface area is 246 Å². The predicted molar refractivity (Wildman–Crippen MR) is 168 cm³/mol. The number of ether oxygens (including phenoxy) is 1. The number of amides is 2. The van der Waals surface area contributed by atoms with Crippen LogP contribution < -0.4 is 4.74 Å². The van der Waals surface area contributed by atoms with Crippen LogP contribution in [0.4, 0.5) is 0 Å². The Morgan fingerprint density at radius 2 is 1.15 bits per heavy atom. The molecule has 0 saturated carbocycles. The number of esters is 1. The Balaban J connectivity index is 1.56. The van der Waals surface area contributed by atoms with Gasteiger partial charge in [-0.25, -0.2) is 0 Å². The Morgan fingerprint density at radius 1 is 0.683 bits per heavy atom. The van der Waals surface area contributed by atoms with E-state index in [0.29, 0.717) is 44.6 Å². The number of hydrogen-bond acceptors (Lipinski definition) is 4. The van der Waals surface area contributed by atoms with Crippen molar-refractivity contribution < 1.29 is 19.1 Å². The SMILES string of the molecule is CCC=CCC=CCC=CCC=CCC=CCC=CCCC(=O)N1CCN(C(=O)c2ccccc2OC(C)=O)CC1. The Bertz CT molecular complexity index is 1120. The minimum absolute atomic E-state index is 0.108. The van der Waals surface area contributed by atoms with E-state index in [-0.39, 0.29) is 17.6 Å². The van der Waals surface area contributed by atoms with Crippen LogP contribution in [0.1, 0.15) is 75.6 Å². The van der Waals surface area contributed by atoms with Gasteiger partial charge in [-0.15, -0.1) is 0 Å². The Morgan fingerprint density at radius 3 is 1.66 bits per heavy atom. The fourth-order valence-electron chi connectivity index (χ4n) is 4.22. The zero-order valence-corrected chi connectivity index (χ0v) is 24.8. The minimum Gasteiger partial charge on any atom is -0.426 e. The van der Waals surface area contributed by atoms with Crippen LogP contribution in [-0.2, 0) is 9.59 Å². The van der Waals surface area contributed by atoms with E-state index in [4.69, 9.17) is 4.74 Å². The smallest absolute Gasteiger partial charge is 0.308 e. The summed E-state index contributed by atoms with van der Waals surface area (Å²) in [4.78, 5) is 40.4. The van der Waals surface area contributed by atoms with Crippen molar-refractivity contribution in [3.63, 3.8) is 0 Å². The van der Waals surface area contributed by atoms with E-state index >= 15 is 0 Å². The molecule has 2 rings (SSSR count). The number of piperazine rings is 1. The van der Waals surface area contributed by atoms with Crippen LogP contribution in [0.2, 0.25) is 0 Å². The van der Waals surface area contributed by atoms with Gasteiger partial charge in [0.1, 0.15) is 5.75 Å². The van der Waals surface area contributed by atoms with Gasteiger partial charge >= 0.3 is 5.97 Å². The largest absolute Gasteiger partial charge is 0.426 e. The number of carbonyl (C=O) groups is 3. The second kappa shape index (κ2) is 20.9. The predicted octanol–water partition coefficient (Wildman–Crippen LogP) is 7.37.